The number of benzene rings is 2. The van der Waals surface area contributed by atoms with E-state index in [9.17, 15) is 22.7 Å². The first-order valence-electron chi connectivity index (χ1n) is 5.17. The summed E-state index contributed by atoms with van der Waals surface area (Å²) in [5.41, 5.74) is -1.22. The van der Waals surface area contributed by atoms with Crippen molar-refractivity contribution in [3.8, 4) is 0 Å². The van der Waals surface area contributed by atoms with Crippen molar-refractivity contribution in [2.45, 2.75) is 6.10 Å². The van der Waals surface area contributed by atoms with E-state index in [2.05, 4.69) is 0 Å². The number of rotatable bonds is 2. The van der Waals surface area contributed by atoms with Crippen LogP contribution in [0.15, 0.2) is 30.3 Å². The Kier molecular flexibility index (Phi) is 3.78. The highest BCUT2D eigenvalue weighted by molar-refractivity contribution is 6.30. The van der Waals surface area contributed by atoms with Gasteiger partial charge in [0.1, 0.15) is 29.4 Å². The molecule has 0 aliphatic carbocycles. The zero-order valence-corrected chi connectivity index (χ0v) is 10.1. The van der Waals surface area contributed by atoms with E-state index in [-0.39, 0.29) is 5.02 Å². The fraction of sp³-hybridized carbons (Fsp3) is 0.0769. The fourth-order valence-corrected chi connectivity index (χ4v) is 1.87. The van der Waals surface area contributed by atoms with E-state index < -0.39 is 40.5 Å². The maximum atomic E-state index is 13.5. The van der Waals surface area contributed by atoms with Crippen molar-refractivity contribution in [3.63, 3.8) is 0 Å². The Bertz CT molecular complexity index is 607. The Balaban J connectivity index is 2.56. The Labute approximate surface area is 111 Å². The highest BCUT2D eigenvalue weighted by Crippen LogP contribution is 2.30. The first-order valence-corrected chi connectivity index (χ1v) is 5.55. The van der Waals surface area contributed by atoms with Gasteiger partial charge in [-0.2, -0.15) is 0 Å². The van der Waals surface area contributed by atoms with Crippen LogP contribution in [-0.4, -0.2) is 5.11 Å². The van der Waals surface area contributed by atoms with Gasteiger partial charge >= 0.3 is 0 Å². The molecule has 0 amide bonds. The normalized spacial score (nSPS) is 12.5. The molecule has 1 atom stereocenters. The molecule has 6 heteroatoms. The Morgan fingerprint density at radius 1 is 0.895 bits per heavy atom. The van der Waals surface area contributed by atoms with Gasteiger partial charge in [-0.25, -0.2) is 17.6 Å². The lowest BCUT2D eigenvalue weighted by molar-refractivity contribution is 0.203. The first kappa shape index (κ1) is 13.8. The molecule has 0 aliphatic heterocycles. The van der Waals surface area contributed by atoms with Gasteiger partial charge in [-0.15, -0.1) is 0 Å². The van der Waals surface area contributed by atoms with Crippen molar-refractivity contribution in [2.75, 3.05) is 0 Å². The molecular formula is C13H7ClF4O. The highest BCUT2D eigenvalue weighted by atomic mass is 35.5. The van der Waals surface area contributed by atoms with Crippen molar-refractivity contribution in [2.24, 2.45) is 0 Å². The zero-order valence-electron chi connectivity index (χ0n) is 9.30. The van der Waals surface area contributed by atoms with Crippen LogP contribution in [0, 0.1) is 23.3 Å². The van der Waals surface area contributed by atoms with Crippen LogP contribution in [0.4, 0.5) is 17.6 Å². The Hall–Kier alpha value is -1.59. The van der Waals surface area contributed by atoms with Gasteiger partial charge in [0.25, 0.3) is 0 Å². The Morgan fingerprint density at radius 3 is 2.05 bits per heavy atom. The summed E-state index contributed by atoms with van der Waals surface area (Å²) in [6.45, 7) is 0. The van der Waals surface area contributed by atoms with Crippen LogP contribution < -0.4 is 0 Å². The van der Waals surface area contributed by atoms with Gasteiger partial charge in [0.2, 0.25) is 0 Å². The van der Waals surface area contributed by atoms with Crippen LogP contribution in [0.25, 0.3) is 0 Å². The average molecular weight is 291 g/mol. The smallest absolute Gasteiger partial charge is 0.135 e. The summed E-state index contributed by atoms with van der Waals surface area (Å²) in [4.78, 5) is 0. The largest absolute Gasteiger partial charge is 0.383 e. The summed E-state index contributed by atoms with van der Waals surface area (Å²) in [5.74, 6) is -4.61. The molecule has 0 aliphatic rings. The zero-order chi connectivity index (χ0) is 14.2. The molecule has 0 aromatic heterocycles. The number of aliphatic hydroxyl groups excluding tert-OH is 1. The third kappa shape index (κ3) is 2.72. The van der Waals surface area contributed by atoms with Crippen LogP contribution >= 0.6 is 11.6 Å². The van der Waals surface area contributed by atoms with E-state index in [1.54, 1.807) is 0 Å². The van der Waals surface area contributed by atoms with E-state index >= 15 is 0 Å². The molecular weight excluding hydrogens is 284 g/mol. The summed E-state index contributed by atoms with van der Waals surface area (Å²) in [6.07, 6.45) is -1.92. The van der Waals surface area contributed by atoms with Crippen molar-refractivity contribution in [1.29, 1.82) is 0 Å². The highest BCUT2D eigenvalue weighted by Gasteiger charge is 2.23. The molecule has 0 spiro atoms. The molecule has 0 fully saturated rings. The monoisotopic (exact) mass is 290 g/mol. The van der Waals surface area contributed by atoms with Crippen molar-refractivity contribution < 1.29 is 22.7 Å². The topological polar surface area (TPSA) is 20.2 Å². The third-order valence-corrected chi connectivity index (χ3v) is 2.80. The van der Waals surface area contributed by atoms with Crippen LogP contribution in [0.5, 0.6) is 0 Å². The van der Waals surface area contributed by atoms with Gasteiger partial charge in [0.05, 0.1) is 5.56 Å². The van der Waals surface area contributed by atoms with E-state index in [4.69, 9.17) is 11.6 Å². The van der Waals surface area contributed by atoms with E-state index in [0.717, 1.165) is 12.1 Å². The quantitative estimate of drug-likeness (QED) is 0.830. The summed E-state index contributed by atoms with van der Waals surface area (Å²) >= 11 is 5.63. The molecule has 19 heavy (non-hydrogen) atoms. The van der Waals surface area contributed by atoms with Gasteiger partial charge < -0.3 is 5.11 Å². The second-order valence-corrected chi connectivity index (χ2v) is 4.29. The fourth-order valence-electron chi connectivity index (χ4n) is 1.69. The third-order valence-electron chi connectivity index (χ3n) is 2.57. The molecule has 1 unspecified atom stereocenters. The molecule has 2 rings (SSSR count). The SMILES string of the molecule is OC(c1cc(Cl)ccc1F)c1c(F)cc(F)cc1F. The number of aliphatic hydroxyl groups is 1. The van der Waals surface area contributed by atoms with E-state index in [0.29, 0.717) is 12.1 Å². The van der Waals surface area contributed by atoms with Crippen LogP contribution in [0.2, 0.25) is 5.02 Å². The summed E-state index contributed by atoms with van der Waals surface area (Å²) < 4.78 is 53.2. The van der Waals surface area contributed by atoms with Gasteiger partial charge in [-0.05, 0) is 18.2 Å². The van der Waals surface area contributed by atoms with Crippen LogP contribution in [0.3, 0.4) is 0 Å². The lowest BCUT2D eigenvalue weighted by atomic mass is 10.00. The summed E-state index contributed by atoms with van der Waals surface area (Å²) in [5, 5.41) is 9.94. The first-order chi connectivity index (χ1) is 8.90. The molecule has 0 heterocycles. The van der Waals surface area contributed by atoms with E-state index in [1.807, 2.05) is 0 Å². The molecule has 1 N–H and O–H groups in total. The van der Waals surface area contributed by atoms with Crippen molar-refractivity contribution >= 4 is 11.6 Å². The molecule has 0 saturated heterocycles. The predicted octanol–water partition coefficient (Wildman–Crippen LogP) is 3.98. The molecule has 2 aromatic rings. The van der Waals surface area contributed by atoms with Crippen LogP contribution in [-0.2, 0) is 0 Å². The van der Waals surface area contributed by atoms with Gasteiger partial charge in [-0.3, -0.25) is 0 Å². The van der Waals surface area contributed by atoms with E-state index in [1.165, 1.54) is 6.07 Å². The minimum absolute atomic E-state index is 0.0957. The maximum Gasteiger partial charge on any atom is 0.135 e. The van der Waals surface area contributed by atoms with Crippen LogP contribution in [0.1, 0.15) is 17.2 Å². The predicted molar refractivity (Wildman–Crippen MR) is 61.8 cm³/mol. The molecule has 2 aromatic carbocycles. The minimum Gasteiger partial charge on any atom is -0.383 e. The van der Waals surface area contributed by atoms with Gasteiger partial charge in [0, 0.05) is 22.7 Å². The lowest BCUT2D eigenvalue weighted by Crippen LogP contribution is -2.08. The average Bonchev–Trinajstić information content (AvgIpc) is 2.30. The molecule has 0 bridgehead atoms. The molecule has 100 valence electrons. The number of halogens is 5. The summed E-state index contributed by atoms with van der Waals surface area (Å²) in [7, 11) is 0. The van der Waals surface area contributed by atoms with Crippen molar-refractivity contribution in [3.05, 3.63) is 69.8 Å². The van der Waals surface area contributed by atoms with Crippen molar-refractivity contribution in [1.82, 2.24) is 0 Å². The van der Waals surface area contributed by atoms with Gasteiger partial charge in [-0.1, -0.05) is 11.6 Å². The molecule has 0 saturated carbocycles. The summed E-state index contributed by atoms with van der Waals surface area (Å²) in [6, 6.07) is 4.04. The Morgan fingerprint density at radius 2 is 1.47 bits per heavy atom. The standard InChI is InChI=1S/C13H7ClF4O/c14-6-1-2-9(16)8(3-6)13(19)12-10(17)4-7(15)5-11(12)18/h1-5,13,19H. The number of hydrogen-bond donors (Lipinski definition) is 1. The lowest BCUT2D eigenvalue weighted by Gasteiger charge is -2.14. The minimum atomic E-state index is -1.92. The number of hydrogen-bond acceptors (Lipinski definition) is 1. The second-order valence-electron chi connectivity index (χ2n) is 3.85. The molecule has 1 nitrogen and oxygen atoms in total. The molecule has 0 radical (unpaired) electrons. The maximum absolute atomic E-state index is 13.5. The second kappa shape index (κ2) is 5.19. The van der Waals surface area contributed by atoms with Gasteiger partial charge in [0.15, 0.2) is 0 Å².